The van der Waals surface area contributed by atoms with Crippen molar-refractivity contribution in [2.75, 3.05) is 0 Å². The molecule has 0 fully saturated rings. The fraction of sp³-hybridized carbons (Fsp3) is 0.333. The van der Waals surface area contributed by atoms with Crippen LogP contribution >= 0.6 is 15.9 Å². The lowest BCUT2D eigenvalue weighted by Crippen LogP contribution is -2.19. The quantitative estimate of drug-likeness (QED) is 0.882. The van der Waals surface area contributed by atoms with Gasteiger partial charge in [-0.1, -0.05) is 0 Å². The molecule has 0 radical (unpaired) electrons. The van der Waals surface area contributed by atoms with Crippen molar-refractivity contribution in [2.45, 2.75) is 19.4 Å². The number of aromatic nitrogens is 3. The minimum absolute atomic E-state index is 0.0985. The Morgan fingerprint density at radius 1 is 1.50 bits per heavy atom. The number of nitrogens with two attached hydrogens (primary N) is 1. The summed E-state index contributed by atoms with van der Waals surface area (Å²) in [5, 5.41) is 8.14. The molecule has 2 aromatic rings. The molecule has 0 bridgehead atoms. The normalized spacial score (nSPS) is 13.4. The van der Waals surface area contributed by atoms with E-state index in [1.807, 2.05) is 29.7 Å². The van der Waals surface area contributed by atoms with Crippen LogP contribution in [0.3, 0.4) is 0 Å². The maximum Gasteiger partial charge on any atom is 0.160 e. The van der Waals surface area contributed by atoms with E-state index in [1.54, 1.807) is 0 Å². The van der Waals surface area contributed by atoms with Crippen molar-refractivity contribution in [1.29, 1.82) is 0 Å². The van der Waals surface area contributed by atoms with Crippen molar-refractivity contribution in [3.63, 3.8) is 0 Å². The molecule has 0 aliphatic heterocycles. The molecular weight excluding hydrogens is 244 g/mol. The van der Waals surface area contributed by atoms with Gasteiger partial charge in [0, 0.05) is 23.1 Å². The summed E-state index contributed by atoms with van der Waals surface area (Å²) in [4.78, 5) is 0. The molecule has 2 rings (SSSR count). The lowest BCUT2D eigenvalue weighted by atomic mass is 10.2. The zero-order chi connectivity index (χ0) is 10.1. The van der Waals surface area contributed by atoms with Gasteiger partial charge in [0.2, 0.25) is 0 Å². The zero-order valence-corrected chi connectivity index (χ0v) is 9.40. The largest absolute Gasteiger partial charge is 0.328 e. The summed E-state index contributed by atoms with van der Waals surface area (Å²) in [6.45, 7) is 1.96. The summed E-state index contributed by atoms with van der Waals surface area (Å²) < 4.78 is 2.96. The molecule has 74 valence electrons. The minimum Gasteiger partial charge on any atom is -0.328 e. The Morgan fingerprint density at radius 2 is 2.29 bits per heavy atom. The average molecular weight is 255 g/mol. The fourth-order valence-corrected chi connectivity index (χ4v) is 1.68. The lowest BCUT2D eigenvalue weighted by molar-refractivity contribution is 0.694. The van der Waals surface area contributed by atoms with Crippen molar-refractivity contribution < 1.29 is 0 Å². The summed E-state index contributed by atoms with van der Waals surface area (Å²) in [5.74, 6) is 0.899. The van der Waals surface area contributed by atoms with E-state index in [1.165, 1.54) is 0 Å². The third-order valence-corrected chi connectivity index (χ3v) is 2.41. The van der Waals surface area contributed by atoms with E-state index in [2.05, 4.69) is 26.1 Å². The Labute approximate surface area is 90.3 Å². The van der Waals surface area contributed by atoms with Gasteiger partial charge in [0.25, 0.3) is 0 Å². The van der Waals surface area contributed by atoms with Crippen LogP contribution in [0.1, 0.15) is 12.7 Å². The van der Waals surface area contributed by atoms with E-state index in [9.17, 15) is 0 Å². The summed E-state index contributed by atoms with van der Waals surface area (Å²) in [6.07, 6.45) is 2.69. The van der Waals surface area contributed by atoms with Gasteiger partial charge in [-0.25, -0.2) is 0 Å². The van der Waals surface area contributed by atoms with Crippen LogP contribution in [0.25, 0.3) is 5.65 Å². The highest BCUT2D eigenvalue weighted by molar-refractivity contribution is 9.10. The summed E-state index contributed by atoms with van der Waals surface area (Å²) in [7, 11) is 0. The number of hydrogen-bond acceptors (Lipinski definition) is 3. The highest BCUT2D eigenvalue weighted by atomic mass is 79.9. The first kappa shape index (κ1) is 9.61. The summed E-state index contributed by atoms with van der Waals surface area (Å²) in [5.41, 5.74) is 6.57. The Hall–Kier alpha value is -0.940. The molecule has 1 unspecified atom stereocenters. The molecule has 0 amide bonds. The predicted molar refractivity (Wildman–Crippen MR) is 58.0 cm³/mol. The third-order valence-electron chi connectivity index (χ3n) is 1.94. The molecule has 0 aliphatic carbocycles. The smallest absolute Gasteiger partial charge is 0.160 e. The molecule has 5 heteroatoms. The van der Waals surface area contributed by atoms with Crippen molar-refractivity contribution in [1.82, 2.24) is 14.6 Å². The average Bonchev–Trinajstić information content (AvgIpc) is 2.47. The highest BCUT2D eigenvalue weighted by Crippen LogP contribution is 2.12. The maximum atomic E-state index is 5.72. The van der Waals surface area contributed by atoms with E-state index in [0.29, 0.717) is 0 Å². The molecule has 0 aliphatic rings. The van der Waals surface area contributed by atoms with Gasteiger partial charge in [-0.2, -0.15) is 0 Å². The first-order valence-electron chi connectivity index (χ1n) is 4.41. The van der Waals surface area contributed by atoms with E-state index < -0.39 is 0 Å². The van der Waals surface area contributed by atoms with Gasteiger partial charge in [-0.3, -0.25) is 4.40 Å². The standard InChI is InChI=1S/C9H11BrN4/c1-6(11)4-9-13-12-8-3-2-7(10)5-14(8)9/h2-3,5-6H,4,11H2,1H3. The van der Waals surface area contributed by atoms with Gasteiger partial charge >= 0.3 is 0 Å². The number of pyridine rings is 1. The maximum absolute atomic E-state index is 5.72. The zero-order valence-electron chi connectivity index (χ0n) is 7.81. The van der Waals surface area contributed by atoms with Gasteiger partial charge in [-0.05, 0) is 35.0 Å². The Morgan fingerprint density at radius 3 is 3.00 bits per heavy atom. The molecule has 14 heavy (non-hydrogen) atoms. The van der Waals surface area contributed by atoms with Crippen LogP contribution < -0.4 is 5.73 Å². The van der Waals surface area contributed by atoms with Crippen LogP contribution in [-0.4, -0.2) is 20.6 Å². The molecule has 0 saturated carbocycles. The van der Waals surface area contributed by atoms with Gasteiger partial charge < -0.3 is 5.73 Å². The molecule has 2 aromatic heterocycles. The Kier molecular flexibility index (Phi) is 2.52. The molecule has 0 aromatic carbocycles. The summed E-state index contributed by atoms with van der Waals surface area (Å²) in [6, 6.07) is 3.96. The van der Waals surface area contributed by atoms with E-state index in [-0.39, 0.29) is 6.04 Å². The van der Waals surface area contributed by atoms with Crippen LogP contribution in [0.2, 0.25) is 0 Å². The van der Waals surface area contributed by atoms with Crippen molar-refractivity contribution in [2.24, 2.45) is 5.73 Å². The van der Waals surface area contributed by atoms with Gasteiger partial charge in [0.1, 0.15) is 5.82 Å². The Bertz CT molecular complexity index is 449. The van der Waals surface area contributed by atoms with Crippen LogP contribution in [0, 0.1) is 0 Å². The minimum atomic E-state index is 0.0985. The molecule has 2 heterocycles. The van der Waals surface area contributed by atoms with Crippen molar-refractivity contribution >= 4 is 21.6 Å². The first-order chi connectivity index (χ1) is 6.66. The van der Waals surface area contributed by atoms with Crippen LogP contribution in [0.15, 0.2) is 22.8 Å². The van der Waals surface area contributed by atoms with Gasteiger partial charge in [0.05, 0.1) is 0 Å². The topological polar surface area (TPSA) is 56.2 Å². The van der Waals surface area contributed by atoms with E-state index in [0.717, 1.165) is 22.4 Å². The van der Waals surface area contributed by atoms with E-state index in [4.69, 9.17) is 5.73 Å². The molecule has 4 nitrogen and oxygen atoms in total. The first-order valence-corrected chi connectivity index (χ1v) is 5.21. The highest BCUT2D eigenvalue weighted by Gasteiger charge is 2.07. The van der Waals surface area contributed by atoms with Gasteiger partial charge in [0.15, 0.2) is 5.65 Å². The monoisotopic (exact) mass is 254 g/mol. The molecule has 0 spiro atoms. The fourth-order valence-electron chi connectivity index (χ4n) is 1.34. The second-order valence-electron chi connectivity index (χ2n) is 3.37. The third kappa shape index (κ3) is 1.78. The molecular formula is C9H11BrN4. The second kappa shape index (κ2) is 3.67. The molecule has 0 saturated heterocycles. The molecule has 2 N–H and O–H groups in total. The van der Waals surface area contributed by atoms with Crippen LogP contribution in [0.4, 0.5) is 0 Å². The number of halogens is 1. The van der Waals surface area contributed by atoms with Crippen LogP contribution in [0.5, 0.6) is 0 Å². The number of nitrogens with zero attached hydrogens (tertiary/aromatic N) is 3. The van der Waals surface area contributed by atoms with Crippen molar-refractivity contribution in [3.8, 4) is 0 Å². The Balaban J connectivity index is 2.50. The second-order valence-corrected chi connectivity index (χ2v) is 4.29. The summed E-state index contributed by atoms with van der Waals surface area (Å²) >= 11 is 3.41. The predicted octanol–water partition coefficient (Wildman–Crippen LogP) is 1.38. The number of hydrogen-bond donors (Lipinski definition) is 1. The van der Waals surface area contributed by atoms with Crippen molar-refractivity contribution in [3.05, 3.63) is 28.6 Å². The van der Waals surface area contributed by atoms with Gasteiger partial charge in [-0.15, -0.1) is 10.2 Å². The SMILES string of the molecule is CC(N)Cc1nnc2ccc(Br)cn12. The number of rotatable bonds is 2. The van der Waals surface area contributed by atoms with Crippen LogP contribution in [-0.2, 0) is 6.42 Å². The van der Waals surface area contributed by atoms with E-state index >= 15 is 0 Å². The number of fused-ring (bicyclic) bond motifs is 1. The molecule has 1 atom stereocenters. The lowest BCUT2D eigenvalue weighted by Gasteiger charge is -2.02.